The Bertz CT molecular complexity index is 924. The fourth-order valence-electron chi connectivity index (χ4n) is 2.89. The van der Waals surface area contributed by atoms with E-state index in [1.54, 1.807) is 24.3 Å². The Labute approximate surface area is 165 Å². The lowest BCUT2D eigenvalue weighted by atomic mass is 9.87. The van der Waals surface area contributed by atoms with Crippen LogP contribution in [0.25, 0.3) is 5.76 Å². The van der Waals surface area contributed by atoms with Crippen molar-refractivity contribution in [2.45, 2.75) is 12.2 Å². The van der Waals surface area contributed by atoms with Gasteiger partial charge in [0.2, 0.25) is 5.78 Å². The van der Waals surface area contributed by atoms with Crippen molar-refractivity contribution in [3.05, 3.63) is 64.6 Å². The molecule has 154 valence electrons. The van der Waals surface area contributed by atoms with E-state index in [0.29, 0.717) is 11.1 Å². The Balaban J connectivity index is 1.67. The second kappa shape index (κ2) is 9.01. The zero-order chi connectivity index (χ0) is 21.0. The molecule has 3 rings (SSSR count). The zero-order valence-electron chi connectivity index (χ0n) is 15.3. The third-order valence-corrected chi connectivity index (χ3v) is 4.36. The van der Waals surface area contributed by atoms with Gasteiger partial charge in [-0.05, 0) is 11.6 Å². The normalized spacial score (nSPS) is 15.9. The van der Waals surface area contributed by atoms with E-state index < -0.39 is 29.7 Å². The summed E-state index contributed by atoms with van der Waals surface area (Å²) in [7, 11) is 0. The van der Waals surface area contributed by atoms with E-state index >= 15 is 0 Å². The van der Waals surface area contributed by atoms with Gasteiger partial charge in [0.05, 0.1) is 25.9 Å². The van der Waals surface area contributed by atoms with Crippen LogP contribution in [0.5, 0.6) is 0 Å². The van der Waals surface area contributed by atoms with Crippen molar-refractivity contribution in [2.75, 3.05) is 26.4 Å². The second-order valence-corrected chi connectivity index (χ2v) is 6.27. The van der Waals surface area contributed by atoms with Gasteiger partial charge in [0.1, 0.15) is 18.8 Å². The van der Waals surface area contributed by atoms with E-state index in [1.807, 2.05) is 0 Å². The van der Waals surface area contributed by atoms with Gasteiger partial charge in [-0.3, -0.25) is 4.79 Å². The van der Waals surface area contributed by atoms with Crippen molar-refractivity contribution in [1.29, 1.82) is 0 Å². The largest absolute Gasteiger partial charge is 0.504 e. The van der Waals surface area contributed by atoms with Gasteiger partial charge in [0.15, 0.2) is 17.3 Å². The SMILES string of the molecule is O=C(/C=C(\O)c1cc2c(o1)C(=O)c1ccccc1C2O)OCCOC(CO)CO. The topological polar surface area (TPSA) is 147 Å². The molecule has 0 saturated carbocycles. The van der Waals surface area contributed by atoms with Crippen LogP contribution in [0.3, 0.4) is 0 Å². The highest BCUT2D eigenvalue weighted by atomic mass is 16.6. The molecule has 1 atom stereocenters. The Morgan fingerprint density at radius 2 is 1.90 bits per heavy atom. The van der Waals surface area contributed by atoms with E-state index in [0.717, 1.165) is 6.08 Å². The summed E-state index contributed by atoms with van der Waals surface area (Å²) in [6.07, 6.45) is -1.09. The highest BCUT2D eigenvalue weighted by molar-refractivity contribution is 6.11. The van der Waals surface area contributed by atoms with Crippen molar-refractivity contribution in [3.63, 3.8) is 0 Å². The first-order valence-electron chi connectivity index (χ1n) is 8.82. The van der Waals surface area contributed by atoms with Crippen molar-refractivity contribution < 1.29 is 43.9 Å². The summed E-state index contributed by atoms with van der Waals surface area (Å²) < 4.78 is 15.3. The van der Waals surface area contributed by atoms with Gasteiger partial charge in [-0.15, -0.1) is 0 Å². The molecule has 0 fully saturated rings. The highest BCUT2D eigenvalue weighted by Crippen LogP contribution is 2.37. The summed E-state index contributed by atoms with van der Waals surface area (Å²) in [6.45, 7) is -0.966. The molecule has 0 aliphatic heterocycles. The van der Waals surface area contributed by atoms with E-state index in [1.165, 1.54) is 6.07 Å². The van der Waals surface area contributed by atoms with Crippen LogP contribution in [0.15, 0.2) is 40.8 Å². The van der Waals surface area contributed by atoms with Crippen LogP contribution in [0.2, 0.25) is 0 Å². The monoisotopic (exact) mass is 404 g/mol. The molecule has 1 aromatic heterocycles. The van der Waals surface area contributed by atoms with Crippen molar-refractivity contribution >= 4 is 17.5 Å². The predicted molar refractivity (Wildman–Crippen MR) is 98.1 cm³/mol. The Morgan fingerprint density at radius 1 is 1.17 bits per heavy atom. The number of ketones is 1. The number of furan rings is 1. The molecule has 29 heavy (non-hydrogen) atoms. The molecule has 0 bridgehead atoms. The number of aliphatic hydroxyl groups is 4. The van der Waals surface area contributed by atoms with Crippen LogP contribution in [0.1, 0.15) is 39.1 Å². The molecule has 9 nitrogen and oxygen atoms in total. The summed E-state index contributed by atoms with van der Waals surface area (Å²) in [5.74, 6) is -2.16. The Morgan fingerprint density at radius 3 is 2.62 bits per heavy atom. The van der Waals surface area contributed by atoms with Gasteiger partial charge < -0.3 is 34.3 Å². The molecule has 1 aliphatic rings. The number of fused-ring (bicyclic) bond motifs is 2. The molecule has 1 aliphatic carbocycles. The van der Waals surface area contributed by atoms with E-state index in [2.05, 4.69) is 0 Å². The first-order valence-corrected chi connectivity index (χ1v) is 8.82. The molecule has 9 heteroatoms. The summed E-state index contributed by atoms with van der Waals surface area (Å²) >= 11 is 0. The molecule has 2 aromatic rings. The van der Waals surface area contributed by atoms with Gasteiger partial charge in [-0.1, -0.05) is 24.3 Å². The van der Waals surface area contributed by atoms with E-state index in [9.17, 15) is 19.8 Å². The van der Waals surface area contributed by atoms with E-state index in [-0.39, 0.29) is 43.5 Å². The molecule has 1 unspecified atom stereocenters. The third-order valence-electron chi connectivity index (χ3n) is 4.36. The van der Waals surface area contributed by atoms with Gasteiger partial charge in [0.25, 0.3) is 0 Å². The minimum absolute atomic E-state index is 0.0554. The summed E-state index contributed by atoms with van der Waals surface area (Å²) in [5, 5.41) is 38.3. The molecule has 0 spiro atoms. The van der Waals surface area contributed by atoms with Gasteiger partial charge in [0, 0.05) is 11.1 Å². The third kappa shape index (κ3) is 4.38. The predicted octanol–water partition coefficient (Wildman–Crippen LogP) is 0.718. The molecule has 0 radical (unpaired) electrons. The lowest BCUT2D eigenvalue weighted by Gasteiger charge is -2.19. The van der Waals surface area contributed by atoms with Crippen LogP contribution in [0, 0.1) is 0 Å². The minimum Gasteiger partial charge on any atom is -0.504 e. The summed E-state index contributed by atoms with van der Waals surface area (Å²) in [5.41, 5.74) is 0.939. The van der Waals surface area contributed by atoms with Crippen molar-refractivity contribution in [3.8, 4) is 0 Å². The number of hydrogen-bond acceptors (Lipinski definition) is 9. The van der Waals surface area contributed by atoms with Gasteiger partial charge >= 0.3 is 5.97 Å². The average Bonchev–Trinajstić information content (AvgIpc) is 3.18. The number of carbonyl (C=O) groups is 2. The number of hydrogen-bond donors (Lipinski definition) is 4. The summed E-state index contributed by atoms with van der Waals surface area (Å²) in [4.78, 5) is 24.3. The first kappa shape index (κ1) is 20.7. The minimum atomic E-state index is -1.10. The van der Waals surface area contributed by atoms with Crippen LogP contribution in [-0.2, 0) is 14.3 Å². The fraction of sp³-hybridized carbons (Fsp3) is 0.300. The summed E-state index contributed by atoms with van der Waals surface area (Å²) in [6, 6.07) is 7.85. The maximum atomic E-state index is 12.5. The average molecular weight is 404 g/mol. The van der Waals surface area contributed by atoms with Crippen LogP contribution in [-0.4, -0.2) is 64.7 Å². The maximum absolute atomic E-state index is 12.5. The smallest absolute Gasteiger partial charge is 0.334 e. The van der Waals surface area contributed by atoms with Crippen LogP contribution >= 0.6 is 0 Å². The molecular weight excluding hydrogens is 384 g/mol. The zero-order valence-corrected chi connectivity index (χ0v) is 15.3. The first-order chi connectivity index (χ1) is 14.0. The number of carbonyl (C=O) groups excluding carboxylic acids is 2. The van der Waals surface area contributed by atoms with Crippen LogP contribution in [0.4, 0.5) is 0 Å². The molecule has 0 amide bonds. The number of benzene rings is 1. The number of esters is 1. The molecule has 0 saturated heterocycles. The van der Waals surface area contributed by atoms with Gasteiger partial charge in [-0.25, -0.2) is 4.79 Å². The molecular formula is C20H20O9. The lowest BCUT2D eigenvalue weighted by molar-refractivity contribution is -0.140. The second-order valence-electron chi connectivity index (χ2n) is 6.27. The molecule has 1 aromatic carbocycles. The van der Waals surface area contributed by atoms with Crippen LogP contribution < -0.4 is 0 Å². The Kier molecular flexibility index (Phi) is 6.45. The van der Waals surface area contributed by atoms with E-state index in [4.69, 9.17) is 24.1 Å². The standard InChI is InChI=1S/C20H20O9/c21-9-11(10-22)27-5-6-28-17(24)8-15(23)16-7-14-18(25)12-3-1-2-4-13(12)19(26)20(14)29-16/h1-4,7-8,11,18,21-23,25H,5-6,9-10H2/b15-8-. The number of aliphatic hydroxyl groups excluding tert-OH is 4. The van der Waals surface area contributed by atoms with Gasteiger partial charge in [-0.2, -0.15) is 0 Å². The lowest BCUT2D eigenvalue weighted by Crippen LogP contribution is -2.24. The molecule has 4 N–H and O–H groups in total. The maximum Gasteiger partial charge on any atom is 0.334 e. The number of ether oxygens (including phenoxy) is 2. The quantitative estimate of drug-likeness (QED) is 0.216. The van der Waals surface area contributed by atoms with Crippen molar-refractivity contribution in [2.24, 2.45) is 0 Å². The number of rotatable bonds is 8. The highest BCUT2D eigenvalue weighted by Gasteiger charge is 2.34. The Hall–Kier alpha value is -2.98. The fourth-order valence-corrected chi connectivity index (χ4v) is 2.89. The molecule has 1 heterocycles. The van der Waals surface area contributed by atoms with Crippen molar-refractivity contribution in [1.82, 2.24) is 0 Å².